The van der Waals surface area contributed by atoms with Gasteiger partial charge in [0.05, 0.1) is 30.3 Å². The van der Waals surface area contributed by atoms with Gasteiger partial charge in [-0.3, -0.25) is 4.79 Å². The molecule has 0 radical (unpaired) electrons. The Kier molecular flexibility index (Phi) is 6.18. The van der Waals surface area contributed by atoms with Crippen LogP contribution in [0.5, 0.6) is 5.75 Å². The van der Waals surface area contributed by atoms with Crippen LogP contribution in [0.25, 0.3) is 22.4 Å². The standard InChI is InChI=1S/C26H30BrN5O4/c1-26(2,3)36-25(34)30-20-14-8-9-18(20)32(13-14)24(33)15-11-17-21(19(12-15)35-5)31(4)23(29-17)16-7-6-10-28-22(16)27/h6-7,10-12,14,18,20H,8-9,13H2,1-5H3,(H,30,34)/t14-,18-,20-/m1/s1. The Balaban J connectivity index is 1.44. The van der Waals surface area contributed by atoms with E-state index in [4.69, 9.17) is 14.5 Å². The fraction of sp³-hybridized carbons (Fsp3) is 0.462. The van der Waals surface area contributed by atoms with E-state index in [-0.39, 0.29) is 23.9 Å². The van der Waals surface area contributed by atoms with Crippen LogP contribution in [0.4, 0.5) is 4.79 Å². The lowest BCUT2D eigenvalue weighted by Gasteiger charge is -2.28. The third-order valence-corrected chi connectivity index (χ3v) is 7.56. The lowest BCUT2D eigenvalue weighted by Crippen LogP contribution is -2.46. The maximum atomic E-state index is 13.7. The highest BCUT2D eigenvalue weighted by atomic mass is 79.9. The highest BCUT2D eigenvalue weighted by Gasteiger charge is 2.49. The molecule has 3 heterocycles. The predicted octanol–water partition coefficient (Wildman–Crippen LogP) is 4.53. The van der Waals surface area contributed by atoms with Gasteiger partial charge in [-0.15, -0.1) is 0 Å². The number of likely N-dealkylation sites (tertiary alicyclic amines) is 1. The second kappa shape index (κ2) is 9.06. The van der Waals surface area contributed by atoms with Crippen LogP contribution in [0.2, 0.25) is 0 Å². The van der Waals surface area contributed by atoms with Crippen molar-refractivity contribution in [1.29, 1.82) is 0 Å². The Bertz CT molecular complexity index is 1350. The molecule has 3 atom stereocenters. The van der Waals surface area contributed by atoms with Crippen molar-refractivity contribution in [2.24, 2.45) is 13.0 Å². The van der Waals surface area contributed by atoms with Gasteiger partial charge < -0.3 is 24.3 Å². The molecule has 0 spiro atoms. The number of aryl methyl sites for hydroxylation is 1. The van der Waals surface area contributed by atoms with E-state index in [9.17, 15) is 9.59 Å². The molecular formula is C26H30BrN5O4. The minimum atomic E-state index is -0.573. The van der Waals surface area contributed by atoms with E-state index >= 15 is 0 Å². The number of hydrogen-bond donors (Lipinski definition) is 1. The number of nitrogens with one attached hydrogen (secondary N) is 1. The van der Waals surface area contributed by atoms with Gasteiger partial charge >= 0.3 is 6.09 Å². The zero-order valence-corrected chi connectivity index (χ0v) is 22.6. The van der Waals surface area contributed by atoms with Gasteiger partial charge in [0.25, 0.3) is 5.91 Å². The van der Waals surface area contributed by atoms with Crippen LogP contribution in [0.15, 0.2) is 35.1 Å². The molecule has 1 aromatic carbocycles. The Labute approximate surface area is 218 Å². The number of rotatable bonds is 4. The predicted molar refractivity (Wildman–Crippen MR) is 139 cm³/mol. The molecule has 1 saturated carbocycles. The van der Waals surface area contributed by atoms with Crippen LogP contribution >= 0.6 is 15.9 Å². The number of alkyl carbamates (subject to hydrolysis) is 1. The Morgan fingerprint density at radius 1 is 1.22 bits per heavy atom. The maximum absolute atomic E-state index is 13.7. The molecule has 2 fully saturated rings. The lowest BCUT2D eigenvalue weighted by molar-refractivity contribution is 0.0485. The molecule has 1 aliphatic heterocycles. The molecule has 1 N–H and O–H groups in total. The van der Waals surface area contributed by atoms with Crippen molar-refractivity contribution in [3.8, 4) is 17.1 Å². The van der Waals surface area contributed by atoms with Crippen LogP contribution in [-0.2, 0) is 11.8 Å². The fourth-order valence-corrected chi connectivity index (χ4v) is 5.87. The van der Waals surface area contributed by atoms with E-state index < -0.39 is 11.7 Å². The third kappa shape index (κ3) is 4.31. The van der Waals surface area contributed by atoms with E-state index in [0.717, 1.165) is 29.7 Å². The summed E-state index contributed by atoms with van der Waals surface area (Å²) < 4.78 is 13.8. The van der Waals surface area contributed by atoms with Gasteiger partial charge in [0.2, 0.25) is 0 Å². The minimum absolute atomic E-state index is 0.0673. The number of imidazole rings is 1. The van der Waals surface area contributed by atoms with Gasteiger partial charge in [0.1, 0.15) is 27.3 Å². The monoisotopic (exact) mass is 555 g/mol. The number of halogens is 1. The minimum Gasteiger partial charge on any atom is -0.494 e. The second-order valence-corrected chi connectivity index (χ2v) is 11.2. The number of amides is 2. The molecule has 3 aromatic rings. The average molecular weight is 556 g/mol. The summed E-state index contributed by atoms with van der Waals surface area (Å²) in [6.45, 7) is 6.11. The largest absolute Gasteiger partial charge is 0.494 e. The summed E-state index contributed by atoms with van der Waals surface area (Å²) in [5.74, 6) is 1.41. The lowest BCUT2D eigenvalue weighted by atomic mass is 10.1. The highest BCUT2D eigenvalue weighted by Crippen LogP contribution is 2.40. The Morgan fingerprint density at radius 3 is 2.69 bits per heavy atom. The van der Waals surface area contributed by atoms with Crippen molar-refractivity contribution in [3.63, 3.8) is 0 Å². The first-order valence-corrected chi connectivity index (χ1v) is 12.8. The summed E-state index contributed by atoms with van der Waals surface area (Å²) in [6, 6.07) is 7.21. The third-order valence-electron chi connectivity index (χ3n) is 6.93. The topological polar surface area (TPSA) is 98.6 Å². The van der Waals surface area contributed by atoms with Gasteiger partial charge in [-0.25, -0.2) is 14.8 Å². The van der Waals surface area contributed by atoms with Crippen molar-refractivity contribution in [3.05, 3.63) is 40.6 Å². The number of fused-ring (bicyclic) bond motifs is 3. The number of hydrogen-bond acceptors (Lipinski definition) is 6. The molecule has 2 aromatic heterocycles. The van der Waals surface area contributed by atoms with Crippen LogP contribution in [0.3, 0.4) is 0 Å². The maximum Gasteiger partial charge on any atom is 0.407 e. The summed E-state index contributed by atoms with van der Waals surface area (Å²) in [7, 11) is 3.51. The van der Waals surface area contributed by atoms with Gasteiger partial charge in [-0.1, -0.05) is 0 Å². The SMILES string of the molecule is COc1cc(C(=O)N2C[C@H]3CC[C@@H]2[C@@H]3NC(=O)OC(C)(C)C)cc2nc(-c3cccnc3Br)n(C)c12. The van der Waals surface area contributed by atoms with Crippen molar-refractivity contribution in [1.82, 2.24) is 24.8 Å². The molecule has 2 aliphatic rings. The molecule has 1 aliphatic carbocycles. The van der Waals surface area contributed by atoms with Gasteiger partial charge in [0.15, 0.2) is 0 Å². The highest BCUT2D eigenvalue weighted by molar-refractivity contribution is 9.10. The molecule has 190 valence electrons. The fourth-order valence-electron chi connectivity index (χ4n) is 5.44. The number of nitrogens with zero attached hydrogens (tertiary/aromatic N) is 4. The molecule has 2 amide bonds. The van der Waals surface area contributed by atoms with Crippen LogP contribution in [-0.4, -0.2) is 62.8 Å². The number of carbonyl (C=O) groups is 2. The van der Waals surface area contributed by atoms with E-state index in [0.29, 0.717) is 28.0 Å². The second-order valence-electron chi connectivity index (χ2n) is 10.4. The molecule has 9 nitrogen and oxygen atoms in total. The molecule has 10 heteroatoms. The van der Waals surface area contributed by atoms with Crippen LogP contribution in [0.1, 0.15) is 44.0 Å². The molecule has 36 heavy (non-hydrogen) atoms. The van der Waals surface area contributed by atoms with Gasteiger partial charge in [-0.2, -0.15) is 0 Å². The smallest absolute Gasteiger partial charge is 0.407 e. The van der Waals surface area contributed by atoms with E-state index in [2.05, 4.69) is 26.2 Å². The van der Waals surface area contributed by atoms with Gasteiger partial charge in [0, 0.05) is 25.4 Å². The number of methoxy groups -OCH3 is 1. The summed E-state index contributed by atoms with van der Waals surface area (Å²) in [6.07, 6.45) is 3.09. The summed E-state index contributed by atoms with van der Waals surface area (Å²) >= 11 is 3.50. The Morgan fingerprint density at radius 2 is 2.00 bits per heavy atom. The van der Waals surface area contributed by atoms with Crippen LogP contribution < -0.4 is 10.1 Å². The quantitative estimate of drug-likeness (QED) is 0.474. The zero-order valence-electron chi connectivity index (χ0n) is 21.0. The van der Waals surface area contributed by atoms with Crippen molar-refractivity contribution >= 4 is 39.0 Å². The van der Waals surface area contributed by atoms with E-state index in [1.54, 1.807) is 19.4 Å². The van der Waals surface area contributed by atoms with E-state index in [1.807, 2.05) is 55.5 Å². The zero-order chi connectivity index (χ0) is 25.8. The van der Waals surface area contributed by atoms with Crippen molar-refractivity contribution < 1.29 is 19.1 Å². The number of ether oxygens (including phenoxy) is 2. The normalized spacial score (nSPS) is 21.2. The van der Waals surface area contributed by atoms with Crippen LogP contribution in [0, 0.1) is 5.92 Å². The average Bonchev–Trinajstić information content (AvgIpc) is 3.47. The summed E-state index contributed by atoms with van der Waals surface area (Å²) in [5.41, 5.74) is 2.25. The summed E-state index contributed by atoms with van der Waals surface area (Å²) in [4.78, 5) is 37.1. The first-order valence-electron chi connectivity index (χ1n) is 12.0. The number of piperidine rings is 1. The first-order chi connectivity index (χ1) is 17.1. The Hall–Kier alpha value is -3.14. The van der Waals surface area contributed by atoms with Gasteiger partial charge in [-0.05, 0) is 79.7 Å². The number of aromatic nitrogens is 3. The van der Waals surface area contributed by atoms with Crippen molar-refractivity contribution in [2.75, 3.05) is 13.7 Å². The van der Waals surface area contributed by atoms with Crippen molar-refractivity contribution in [2.45, 2.75) is 51.3 Å². The molecular weight excluding hydrogens is 526 g/mol. The number of pyridine rings is 1. The van der Waals surface area contributed by atoms with E-state index in [1.165, 1.54) is 0 Å². The number of carbonyl (C=O) groups excluding carboxylic acids is 2. The molecule has 0 unspecified atom stereocenters. The number of benzene rings is 1. The first kappa shape index (κ1) is 24.5. The molecule has 5 rings (SSSR count). The molecule has 1 saturated heterocycles. The molecule has 2 bridgehead atoms. The summed E-state index contributed by atoms with van der Waals surface area (Å²) in [5, 5.41) is 3.01.